The second-order valence-corrected chi connectivity index (χ2v) is 7.66. The highest BCUT2D eigenvalue weighted by molar-refractivity contribution is 6.10. The van der Waals surface area contributed by atoms with Crippen molar-refractivity contribution in [2.45, 2.75) is 6.61 Å². The monoisotopic (exact) mass is 420 g/mol. The fourth-order valence-corrected chi connectivity index (χ4v) is 4.20. The number of methoxy groups -OCH3 is 2. The van der Waals surface area contributed by atoms with Gasteiger partial charge in [-0.2, -0.15) is 0 Å². The molecule has 0 spiro atoms. The minimum atomic E-state index is 0.489. The number of hydrogen-bond donors (Lipinski definition) is 0. The Kier molecular flexibility index (Phi) is 5.39. The molecule has 0 N–H and O–H groups in total. The Labute approximate surface area is 187 Å². The first-order valence-electron chi connectivity index (χ1n) is 10.6. The molecule has 5 aromatic rings. The molecule has 0 aliphatic rings. The summed E-state index contributed by atoms with van der Waals surface area (Å²) in [5.74, 6) is 2.42. The molecule has 0 aliphatic carbocycles. The summed E-state index contributed by atoms with van der Waals surface area (Å²) in [5.41, 5.74) is 3.15. The molecule has 0 radical (unpaired) electrons. The Balaban J connectivity index is 1.78. The molecule has 158 valence electrons. The standard InChI is InChI=1S/C29H24O3/c1-30-23-15-12-22-13-16-26(31-2)29(25(22)18-23)28-24-11-7-6-10-21(24)14-17-27(28)32-19-20-8-4-3-5-9-20/h3-18H,19H2,1-2H3. The molecule has 0 unspecified atom stereocenters. The van der Waals surface area contributed by atoms with Crippen molar-refractivity contribution < 1.29 is 14.2 Å². The maximum Gasteiger partial charge on any atom is 0.128 e. The van der Waals surface area contributed by atoms with Gasteiger partial charge < -0.3 is 14.2 Å². The molecule has 0 atom stereocenters. The van der Waals surface area contributed by atoms with Crippen LogP contribution in [0, 0.1) is 0 Å². The summed E-state index contributed by atoms with van der Waals surface area (Å²) in [6.45, 7) is 0.489. The van der Waals surface area contributed by atoms with Crippen molar-refractivity contribution in [1.29, 1.82) is 0 Å². The van der Waals surface area contributed by atoms with Crippen LogP contribution < -0.4 is 14.2 Å². The van der Waals surface area contributed by atoms with Gasteiger partial charge in [-0.3, -0.25) is 0 Å². The molecule has 5 rings (SSSR count). The van der Waals surface area contributed by atoms with Crippen molar-refractivity contribution in [2.75, 3.05) is 14.2 Å². The first kappa shape index (κ1) is 20.0. The second-order valence-electron chi connectivity index (χ2n) is 7.66. The van der Waals surface area contributed by atoms with E-state index in [2.05, 4.69) is 66.7 Å². The van der Waals surface area contributed by atoms with Gasteiger partial charge >= 0.3 is 0 Å². The minimum Gasteiger partial charge on any atom is -0.497 e. The average Bonchev–Trinajstić information content (AvgIpc) is 2.86. The van der Waals surface area contributed by atoms with Crippen LogP contribution >= 0.6 is 0 Å². The maximum atomic E-state index is 6.40. The minimum absolute atomic E-state index is 0.489. The van der Waals surface area contributed by atoms with Crippen LogP contribution in [0.3, 0.4) is 0 Å². The molecule has 0 amide bonds. The Morgan fingerprint density at radius 3 is 2.00 bits per heavy atom. The zero-order chi connectivity index (χ0) is 21.9. The van der Waals surface area contributed by atoms with Crippen molar-refractivity contribution in [3.63, 3.8) is 0 Å². The molecular weight excluding hydrogens is 396 g/mol. The van der Waals surface area contributed by atoms with Gasteiger partial charge in [0.05, 0.1) is 14.2 Å². The van der Waals surface area contributed by atoms with Crippen LogP contribution in [0.25, 0.3) is 32.7 Å². The van der Waals surface area contributed by atoms with Gasteiger partial charge in [0.2, 0.25) is 0 Å². The third-order valence-electron chi connectivity index (χ3n) is 5.79. The first-order valence-corrected chi connectivity index (χ1v) is 10.6. The smallest absolute Gasteiger partial charge is 0.128 e. The summed E-state index contributed by atoms with van der Waals surface area (Å²) in [4.78, 5) is 0. The van der Waals surface area contributed by atoms with E-state index in [9.17, 15) is 0 Å². The summed E-state index contributed by atoms with van der Waals surface area (Å²) < 4.78 is 17.8. The molecule has 0 saturated carbocycles. The largest absolute Gasteiger partial charge is 0.497 e. The molecule has 0 heterocycles. The summed E-state index contributed by atoms with van der Waals surface area (Å²) in [5, 5.41) is 4.44. The van der Waals surface area contributed by atoms with Crippen molar-refractivity contribution in [3.05, 3.63) is 103 Å². The predicted molar refractivity (Wildman–Crippen MR) is 131 cm³/mol. The van der Waals surface area contributed by atoms with Gasteiger partial charge in [0.25, 0.3) is 0 Å². The van der Waals surface area contributed by atoms with Gasteiger partial charge in [-0.1, -0.05) is 72.8 Å². The van der Waals surface area contributed by atoms with Crippen LogP contribution in [0.1, 0.15) is 5.56 Å². The van der Waals surface area contributed by atoms with Crippen LogP contribution in [0.15, 0.2) is 97.1 Å². The van der Waals surface area contributed by atoms with Crippen LogP contribution in [-0.4, -0.2) is 14.2 Å². The zero-order valence-electron chi connectivity index (χ0n) is 18.2. The normalized spacial score (nSPS) is 10.9. The number of hydrogen-bond acceptors (Lipinski definition) is 3. The van der Waals surface area contributed by atoms with Gasteiger partial charge in [-0.05, 0) is 51.4 Å². The molecule has 0 aliphatic heterocycles. The maximum absolute atomic E-state index is 6.40. The van der Waals surface area contributed by atoms with Crippen LogP contribution in [0.5, 0.6) is 17.2 Å². The Morgan fingerprint density at radius 2 is 1.22 bits per heavy atom. The van der Waals surface area contributed by atoms with E-state index in [1.54, 1.807) is 14.2 Å². The lowest BCUT2D eigenvalue weighted by atomic mass is 9.92. The van der Waals surface area contributed by atoms with Gasteiger partial charge in [0.15, 0.2) is 0 Å². The van der Waals surface area contributed by atoms with Gasteiger partial charge in [-0.15, -0.1) is 0 Å². The predicted octanol–water partition coefficient (Wildman–Crippen LogP) is 7.26. The van der Waals surface area contributed by atoms with Crippen molar-refractivity contribution >= 4 is 21.5 Å². The SMILES string of the molecule is COc1ccc2ccc(OC)c(-c3c(OCc4ccccc4)ccc4ccccc34)c2c1. The third kappa shape index (κ3) is 3.63. The molecule has 3 heteroatoms. The first-order chi connectivity index (χ1) is 15.8. The van der Waals surface area contributed by atoms with Crippen LogP contribution in [-0.2, 0) is 6.61 Å². The van der Waals surface area contributed by atoms with Gasteiger partial charge in [-0.25, -0.2) is 0 Å². The fourth-order valence-electron chi connectivity index (χ4n) is 4.20. The summed E-state index contributed by atoms with van der Waals surface area (Å²) in [6.07, 6.45) is 0. The van der Waals surface area contributed by atoms with E-state index in [1.165, 1.54) is 0 Å². The molecule has 3 nitrogen and oxygen atoms in total. The lowest BCUT2D eigenvalue weighted by Crippen LogP contribution is -1.99. The number of benzene rings is 5. The molecule has 0 bridgehead atoms. The van der Waals surface area contributed by atoms with Gasteiger partial charge in [0.1, 0.15) is 23.9 Å². The quantitative estimate of drug-likeness (QED) is 0.289. The second kappa shape index (κ2) is 8.64. The molecule has 0 aromatic heterocycles. The van der Waals surface area contributed by atoms with Crippen molar-refractivity contribution in [2.24, 2.45) is 0 Å². The van der Waals surface area contributed by atoms with E-state index in [0.717, 1.165) is 55.5 Å². The third-order valence-corrected chi connectivity index (χ3v) is 5.79. The van der Waals surface area contributed by atoms with E-state index in [1.807, 2.05) is 30.3 Å². The highest BCUT2D eigenvalue weighted by atomic mass is 16.5. The van der Waals surface area contributed by atoms with E-state index in [4.69, 9.17) is 14.2 Å². The van der Waals surface area contributed by atoms with Crippen LogP contribution in [0.4, 0.5) is 0 Å². The lowest BCUT2D eigenvalue weighted by molar-refractivity contribution is 0.308. The van der Waals surface area contributed by atoms with E-state index in [0.29, 0.717) is 6.61 Å². The molecule has 5 aromatic carbocycles. The van der Waals surface area contributed by atoms with Gasteiger partial charge in [0, 0.05) is 11.1 Å². The number of rotatable bonds is 6. The van der Waals surface area contributed by atoms with E-state index >= 15 is 0 Å². The Morgan fingerprint density at radius 1 is 0.562 bits per heavy atom. The Hall–Kier alpha value is -3.98. The topological polar surface area (TPSA) is 27.7 Å². The van der Waals surface area contributed by atoms with Crippen molar-refractivity contribution in [1.82, 2.24) is 0 Å². The summed E-state index contributed by atoms with van der Waals surface area (Å²) >= 11 is 0. The lowest BCUT2D eigenvalue weighted by Gasteiger charge is -2.19. The van der Waals surface area contributed by atoms with E-state index < -0.39 is 0 Å². The Bertz CT molecular complexity index is 1390. The zero-order valence-corrected chi connectivity index (χ0v) is 18.2. The highest BCUT2D eigenvalue weighted by Gasteiger charge is 2.19. The molecule has 32 heavy (non-hydrogen) atoms. The molecular formula is C29H24O3. The number of ether oxygens (including phenoxy) is 3. The fraction of sp³-hybridized carbons (Fsp3) is 0.103. The summed E-state index contributed by atoms with van der Waals surface area (Å²) in [6, 6.07) is 33.0. The average molecular weight is 421 g/mol. The number of fused-ring (bicyclic) bond motifs is 2. The summed E-state index contributed by atoms with van der Waals surface area (Å²) in [7, 11) is 3.40. The molecule has 0 fully saturated rings. The molecule has 0 saturated heterocycles. The van der Waals surface area contributed by atoms with E-state index in [-0.39, 0.29) is 0 Å². The van der Waals surface area contributed by atoms with Crippen molar-refractivity contribution in [3.8, 4) is 28.4 Å². The van der Waals surface area contributed by atoms with Crippen LogP contribution in [0.2, 0.25) is 0 Å². The highest BCUT2D eigenvalue weighted by Crippen LogP contribution is 2.46.